The molecule has 0 bridgehead atoms. The molecule has 0 amide bonds. The standard InChI is InChI=1S/C12H15Cl2NO/c1-12(2,15)7-8(16)6-9-10(13)4-3-5-11(9)14/h3-5H,6-7,15H2,1-2H3. The van der Waals surface area contributed by atoms with Crippen LogP contribution in [0.4, 0.5) is 0 Å². The van der Waals surface area contributed by atoms with Crippen molar-refractivity contribution >= 4 is 29.0 Å². The zero-order valence-corrected chi connectivity index (χ0v) is 10.9. The summed E-state index contributed by atoms with van der Waals surface area (Å²) in [5.41, 5.74) is 5.96. The van der Waals surface area contributed by atoms with Crippen molar-refractivity contribution in [2.24, 2.45) is 5.73 Å². The number of hydrogen-bond acceptors (Lipinski definition) is 2. The van der Waals surface area contributed by atoms with E-state index in [-0.39, 0.29) is 12.2 Å². The summed E-state index contributed by atoms with van der Waals surface area (Å²) in [5.74, 6) is 0.0440. The topological polar surface area (TPSA) is 43.1 Å². The molecular weight excluding hydrogens is 245 g/mol. The van der Waals surface area contributed by atoms with Crippen molar-refractivity contribution in [3.63, 3.8) is 0 Å². The Kier molecular flexibility index (Phi) is 4.36. The lowest BCUT2D eigenvalue weighted by Crippen LogP contribution is -2.35. The number of halogens is 2. The van der Waals surface area contributed by atoms with Crippen LogP contribution < -0.4 is 5.73 Å². The van der Waals surface area contributed by atoms with Gasteiger partial charge >= 0.3 is 0 Å². The second kappa shape index (κ2) is 5.17. The SMILES string of the molecule is CC(C)(N)CC(=O)Cc1c(Cl)cccc1Cl. The van der Waals surface area contributed by atoms with E-state index in [0.29, 0.717) is 22.0 Å². The highest BCUT2D eigenvalue weighted by Crippen LogP contribution is 2.25. The predicted octanol–water partition coefficient (Wildman–Crippen LogP) is 3.23. The van der Waals surface area contributed by atoms with Gasteiger partial charge in [0.15, 0.2) is 0 Å². The summed E-state index contributed by atoms with van der Waals surface area (Å²) < 4.78 is 0. The van der Waals surface area contributed by atoms with E-state index >= 15 is 0 Å². The quantitative estimate of drug-likeness (QED) is 0.903. The van der Waals surface area contributed by atoms with Crippen LogP contribution in [0.5, 0.6) is 0 Å². The molecule has 4 heteroatoms. The number of rotatable bonds is 4. The van der Waals surface area contributed by atoms with Gasteiger partial charge < -0.3 is 5.73 Å². The molecule has 0 aromatic heterocycles. The fourth-order valence-corrected chi connectivity index (χ4v) is 2.00. The van der Waals surface area contributed by atoms with Gasteiger partial charge in [-0.05, 0) is 31.5 Å². The van der Waals surface area contributed by atoms with Crippen molar-refractivity contribution in [2.45, 2.75) is 32.2 Å². The molecule has 16 heavy (non-hydrogen) atoms. The van der Waals surface area contributed by atoms with Crippen molar-refractivity contribution in [1.82, 2.24) is 0 Å². The molecule has 0 aliphatic carbocycles. The van der Waals surface area contributed by atoms with Gasteiger partial charge in [-0.3, -0.25) is 4.79 Å². The molecule has 0 aliphatic heterocycles. The predicted molar refractivity (Wildman–Crippen MR) is 68.1 cm³/mol. The second-order valence-electron chi connectivity index (χ2n) is 4.58. The molecule has 1 aromatic carbocycles. The Morgan fingerprint density at radius 2 is 1.81 bits per heavy atom. The zero-order chi connectivity index (χ0) is 12.3. The molecule has 1 rings (SSSR count). The highest BCUT2D eigenvalue weighted by molar-refractivity contribution is 6.36. The second-order valence-corrected chi connectivity index (χ2v) is 5.40. The molecule has 0 saturated heterocycles. The van der Waals surface area contributed by atoms with Crippen molar-refractivity contribution in [1.29, 1.82) is 0 Å². The number of ketones is 1. The van der Waals surface area contributed by atoms with Crippen LogP contribution in [-0.4, -0.2) is 11.3 Å². The van der Waals surface area contributed by atoms with Gasteiger partial charge in [-0.2, -0.15) is 0 Å². The Balaban J connectivity index is 2.78. The molecule has 1 aromatic rings. The Labute approximate surface area is 106 Å². The van der Waals surface area contributed by atoms with Gasteiger partial charge in [-0.15, -0.1) is 0 Å². The smallest absolute Gasteiger partial charge is 0.139 e. The normalized spacial score (nSPS) is 11.6. The molecule has 2 nitrogen and oxygen atoms in total. The number of Topliss-reactive ketones (excluding diaryl/α,β-unsaturated/α-hetero) is 1. The first-order valence-electron chi connectivity index (χ1n) is 5.03. The van der Waals surface area contributed by atoms with E-state index in [4.69, 9.17) is 28.9 Å². The van der Waals surface area contributed by atoms with Crippen LogP contribution in [0, 0.1) is 0 Å². The fraction of sp³-hybridized carbons (Fsp3) is 0.417. The molecule has 88 valence electrons. The molecular formula is C12H15Cl2NO. The lowest BCUT2D eigenvalue weighted by molar-refractivity contribution is -0.119. The Morgan fingerprint density at radius 3 is 2.25 bits per heavy atom. The number of carbonyl (C=O) groups is 1. The van der Waals surface area contributed by atoms with Gasteiger partial charge in [0, 0.05) is 28.4 Å². The zero-order valence-electron chi connectivity index (χ0n) is 9.39. The van der Waals surface area contributed by atoms with E-state index in [1.165, 1.54) is 0 Å². The monoisotopic (exact) mass is 259 g/mol. The van der Waals surface area contributed by atoms with Crippen LogP contribution in [0.1, 0.15) is 25.8 Å². The summed E-state index contributed by atoms with van der Waals surface area (Å²) in [6, 6.07) is 5.21. The van der Waals surface area contributed by atoms with Gasteiger partial charge in [0.1, 0.15) is 5.78 Å². The van der Waals surface area contributed by atoms with Crippen molar-refractivity contribution in [3.8, 4) is 0 Å². The average molecular weight is 260 g/mol. The number of hydrogen-bond donors (Lipinski definition) is 1. The molecule has 0 spiro atoms. The largest absolute Gasteiger partial charge is 0.325 e. The van der Waals surface area contributed by atoms with E-state index in [2.05, 4.69) is 0 Å². The molecule has 0 unspecified atom stereocenters. The molecule has 0 radical (unpaired) electrons. The first kappa shape index (κ1) is 13.5. The van der Waals surface area contributed by atoms with E-state index < -0.39 is 5.54 Å². The third-order valence-corrected chi connectivity index (χ3v) is 2.80. The maximum Gasteiger partial charge on any atom is 0.139 e. The Hall–Kier alpha value is -0.570. The minimum atomic E-state index is -0.495. The number of carbonyl (C=O) groups excluding carboxylic acids is 1. The lowest BCUT2D eigenvalue weighted by atomic mass is 9.95. The minimum Gasteiger partial charge on any atom is -0.325 e. The van der Waals surface area contributed by atoms with Gasteiger partial charge in [-0.1, -0.05) is 29.3 Å². The molecule has 2 N–H and O–H groups in total. The molecule has 0 aliphatic rings. The van der Waals surface area contributed by atoms with Crippen LogP contribution in [0.3, 0.4) is 0 Å². The summed E-state index contributed by atoms with van der Waals surface area (Å²) in [6.45, 7) is 3.64. The van der Waals surface area contributed by atoms with Crippen LogP contribution in [0.15, 0.2) is 18.2 Å². The first-order chi connectivity index (χ1) is 7.29. The third-order valence-electron chi connectivity index (χ3n) is 2.09. The Bertz CT molecular complexity index is 376. The highest BCUT2D eigenvalue weighted by atomic mass is 35.5. The van der Waals surface area contributed by atoms with Crippen LogP contribution in [-0.2, 0) is 11.2 Å². The maximum absolute atomic E-state index is 11.7. The minimum absolute atomic E-state index is 0.0440. The lowest BCUT2D eigenvalue weighted by Gasteiger charge is -2.17. The van der Waals surface area contributed by atoms with Gasteiger partial charge in [0.2, 0.25) is 0 Å². The first-order valence-corrected chi connectivity index (χ1v) is 5.78. The van der Waals surface area contributed by atoms with E-state index in [9.17, 15) is 4.79 Å². The molecule has 0 heterocycles. The fourth-order valence-electron chi connectivity index (χ4n) is 1.47. The number of benzene rings is 1. The van der Waals surface area contributed by atoms with Crippen molar-refractivity contribution in [2.75, 3.05) is 0 Å². The molecule has 0 fully saturated rings. The van der Waals surface area contributed by atoms with Crippen LogP contribution in [0.2, 0.25) is 10.0 Å². The van der Waals surface area contributed by atoms with E-state index in [1.54, 1.807) is 18.2 Å². The average Bonchev–Trinajstić information content (AvgIpc) is 2.08. The van der Waals surface area contributed by atoms with E-state index in [1.807, 2.05) is 13.8 Å². The van der Waals surface area contributed by atoms with Crippen molar-refractivity contribution < 1.29 is 4.79 Å². The summed E-state index contributed by atoms with van der Waals surface area (Å²) >= 11 is 12.0. The van der Waals surface area contributed by atoms with Crippen molar-refractivity contribution in [3.05, 3.63) is 33.8 Å². The van der Waals surface area contributed by atoms with E-state index in [0.717, 1.165) is 0 Å². The van der Waals surface area contributed by atoms with Crippen LogP contribution in [0.25, 0.3) is 0 Å². The summed E-state index contributed by atoms with van der Waals surface area (Å²) in [7, 11) is 0. The summed E-state index contributed by atoms with van der Waals surface area (Å²) in [5, 5.41) is 1.05. The highest BCUT2D eigenvalue weighted by Gasteiger charge is 2.18. The van der Waals surface area contributed by atoms with Crippen LogP contribution >= 0.6 is 23.2 Å². The molecule has 0 saturated carbocycles. The summed E-state index contributed by atoms with van der Waals surface area (Å²) in [4.78, 5) is 11.7. The van der Waals surface area contributed by atoms with Gasteiger partial charge in [-0.25, -0.2) is 0 Å². The summed E-state index contributed by atoms with van der Waals surface area (Å²) in [6.07, 6.45) is 0.549. The third kappa shape index (κ3) is 4.12. The number of nitrogens with two attached hydrogens (primary N) is 1. The molecule has 0 atom stereocenters. The van der Waals surface area contributed by atoms with Gasteiger partial charge in [0.05, 0.1) is 0 Å². The van der Waals surface area contributed by atoms with Gasteiger partial charge in [0.25, 0.3) is 0 Å². The Morgan fingerprint density at radius 1 is 1.31 bits per heavy atom. The maximum atomic E-state index is 11.7.